The van der Waals surface area contributed by atoms with Crippen LogP contribution in [-0.2, 0) is 57.4 Å². The number of esters is 2. The highest BCUT2D eigenvalue weighted by molar-refractivity contribution is 6.10. The Balaban J connectivity index is 1.33. The normalized spacial score (nSPS) is 27.9. The van der Waals surface area contributed by atoms with Crippen molar-refractivity contribution in [3.05, 3.63) is 44.6 Å². The highest BCUT2D eigenvalue weighted by Crippen LogP contribution is 2.39. The van der Waals surface area contributed by atoms with E-state index in [1.54, 1.807) is 55.4 Å². The molecule has 1 aromatic rings. The maximum atomic E-state index is 15.2. The Morgan fingerprint density at radius 2 is 1.08 bits per heavy atom. The second-order valence-electron chi connectivity index (χ2n) is 26.4. The lowest BCUT2D eigenvalue weighted by Crippen LogP contribution is -2.59. The van der Waals surface area contributed by atoms with E-state index in [0.29, 0.717) is 50.5 Å². The molecule has 3 aliphatic heterocycles. The summed E-state index contributed by atoms with van der Waals surface area (Å²) in [6.07, 6.45) is -0.252. The van der Waals surface area contributed by atoms with E-state index in [9.17, 15) is 52.7 Å². The summed E-state index contributed by atoms with van der Waals surface area (Å²) in [5.74, 6) is -14.8. The Labute approximate surface area is 529 Å². The molecule has 6 N–H and O–H groups in total. The van der Waals surface area contributed by atoms with Crippen molar-refractivity contribution in [2.24, 2.45) is 47.3 Å². The molecule has 2 saturated heterocycles. The van der Waals surface area contributed by atoms with Crippen LogP contribution in [-0.4, -0.2) is 185 Å². The predicted molar refractivity (Wildman–Crippen MR) is 332 cm³/mol. The van der Waals surface area contributed by atoms with Gasteiger partial charge in [-0.15, -0.1) is 0 Å². The van der Waals surface area contributed by atoms with Crippen LogP contribution < -0.4 is 32.4 Å². The van der Waals surface area contributed by atoms with Gasteiger partial charge in [-0.3, -0.25) is 52.7 Å². The van der Waals surface area contributed by atoms with Crippen LogP contribution in [0.25, 0.3) is 22.6 Å². The van der Waals surface area contributed by atoms with Gasteiger partial charge in [-0.1, -0.05) is 80.7 Å². The first-order valence-corrected chi connectivity index (χ1v) is 31.5. The Bertz CT molecular complexity index is 3430. The summed E-state index contributed by atoms with van der Waals surface area (Å²) in [6.45, 7) is 18.5. The Hall–Kier alpha value is -8.32. The van der Waals surface area contributed by atoms with E-state index in [0.717, 1.165) is 4.90 Å². The molecule has 26 nitrogen and oxygen atoms in total. The minimum absolute atomic E-state index is 0.0653. The number of anilines is 1. The number of aromatic nitrogens is 1. The third-order valence-electron chi connectivity index (χ3n) is 18.9. The summed E-state index contributed by atoms with van der Waals surface area (Å²) < 4.78 is 18.4. The van der Waals surface area contributed by atoms with Crippen LogP contribution in [0, 0.1) is 61.2 Å². The number of ketones is 2. The van der Waals surface area contributed by atoms with Gasteiger partial charge in [-0.05, 0) is 88.7 Å². The molecule has 0 aromatic heterocycles. The number of carbonyl (C=O) groups excluding carboxylic acids is 12. The van der Waals surface area contributed by atoms with Crippen LogP contribution in [0.2, 0.25) is 0 Å². The zero-order valence-electron chi connectivity index (χ0n) is 55.1. The van der Waals surface area contributed by atoms with Crippen LogP contribution in [0.5, 0.6) is 0 Å². The lowest BCUT2D eigenvalue weighted by molar-refractivity contribution is -0.163. The van der Waals surface area contributed by atoms with Gasteiger partial charge in [-0.2, -0.15) is 0 Å². The molecule has 1 aromatic carbocycles. The second-order valence-corrected chi connectivity index (χ2v) is 26.4. The van der Waals surface area contributed by atoms with E-state index in [-0.39, 0.29) is 33.7 Å². The molecule has 26 heteroatoms. The van der Waals surface area contributed by atoms with E-state index in [2.05, 4.69) is 21.3 Å². The third-order valence-corrected chi connectivity index (χ3v) is 18.9. The van der Waals surface area contributed by atoms with Gasteiger partial charge in [0, 0.05) is 57.4 Å². The summed E-state index contributed by atoms with van der Waals surface area (Å²) in [6, 6.07) is -5.69. The summed E-state index contributed by atoms with van der Waals surface area (Å²) in [4.78, 5) is 198. The monoisotopic (exact) mass is 1270 g/mol. The first-order chi connectivity index (χ1) is 42.6. The van der Waals surface area contributed by atoms with Crippen molar-refractivity contribution in [3.8, 4) is 11.5 Å². The first-order valence-electron chi connectivity index (χ1n) is 31.5. The molecule has 2 saturated carbocycles. The average Bonchev–Trinajstić information content (AvgIpc) is 1.79. The Kier molecular flexibility index (Phi) is 21.9. The topological polar surface area (TPSA) is 353 Å². The molecule has 0 bridgehead atoms. The minimum atomic E-state index is -1.86. The third kappa shape index (κ3) is 14.3. The number of nitrogens with zero attached hydrogens (tertiary/aromatic N) is 5. The van der Waals surface area contributed by atoms with Gasteiger partial charge in [0.05, 0.1) is 42.0 Å². The number of cyclic esters (lactones) is 2. The van der Waals surface area contributed by atoms with E-state index in [4.69, 9.17) is 24.6 Å². The number of rotatable bonds is 9. The largest absolute Gasteiger partial charge is 0.458 e. The van der Waals surface area contributed by atoms with Crippen LogP contribution in [0.4, 0.5) is 5.69 Å². The van der Waals surface area contributed by atoms with Crippen molar-refractivity contribution in [1.82, 2.24) is 45.9 Å². The second kappa shape index (κ2) is 28.5. The molecule has 0 radical (unpaired) electrons. The van der Waals surface area contributed by atoms with Gasteiger partial charge in [0.2, 0.25) is 40.9 Å². The number of hydrogen-bond donors (Lipinski definition) is 5. The zero-order valence-corrected chi connectivity index (χ0v) is 55.1. The number of nitrogen functional groups attached to an aromatic ring is 1. The van der Waals surface area contributed by atoms with Crippen molar-refractivity contribution in [1.29, 1.82) is 0 Å². The predicted octanol–water partition coefficient (Wildman–Crippen LogP) is 3.10. The van der Waals surface area contributed by atoms with E-state index in [1.165, 1.54) is 75.8 Å². The zero-order chi connectivity index (χ0) is 67.7. The van der Waals surface area contributed by atoms with E-state index in [1.807, 2.05) is 6.92 Å². The lowest BCUT2D eigenvalue weighted by Gasteiger charge is -2.35. The van der Waals surface area contributed by atoms with Crippen LogP contribution in [0.3, 0.4) is 0 Å². The maximum Gasteiger partial charge on any atom is 0.329 e. The summed E-state index contributed by atoms with van der Waals surface area (Å²) in [5.41, 5.74) is 3.69. The molecule has 3 aliphatic carbocycles. The molecule has 496 valence electrons. The molecule has 4 fully saturated rings. The molecule has 8 amide bonds. The highest BCUT2D eigenvalue weighted by atomic mass is 16.6. The molecule has 13 atom stereocenters. The molecule has 6 aliphatic rings. The Morgan fingerprint density at radius 3 is 1.53 bits per heavy atom. The number of amides is 8. The van der Waals surface area contributed by atoms with Gasteiger partial charge >= 0.3 is 11.9 Å². The summed E-state index contributed by atoms with van der Waals surface area (Å²) in [5, 5.41) is 10.8. The van der Waals surface area contributed by atoms with Crippen LogP contribution in [0.1, 0.15) is 146 Å². The van der Waals surface area contributed by atoms with Gasteiger partial charge in [0.25, 0.3) is 11.8 Å². The number of benzene rings is 2. The van der Waals surface area contributed by atoms with E-state index < -0.39 is 196 Å². The smallest absolute Gasteiger partial charge is 0.329 e. The number of nitrogens with two attached hydrogens (primary N) is 1. The molecule has 7 rings (SSSR count). The number of ether oxygens (including phenoxy) is 2. The molecular formula is C65H90N10O16. The van der Waals surface area contributed by atoms with E-state index >= 15 is 9.59 Å². The number of fused-ring (bicyclic) bond motifs is 4. The molecule has 13 unspecified atom stereocenters. The molecule has 0 spiro atoms. The fraction of sp³-hybridized carbons (Fsp3) is 0.631. The van der Waals surface area contributed by atoms with Crippen LogP contribution >= 0.6 is 0 Å². The number of aryl methyl sites for hydroxylation is 1. The standard InChI is InChI=1S/C65H90N10O16/c1-17-31(8)52-65(88)90-34(11)47(60(83)68-45(28(2)3)54(79)37-21-19-23-39(37)63(86)73(14)27-42(77)75(52)16)70-58(81)40-25-24-32(9)56-49(40)67-50-43(44(66)53(78)33(10)57(50)91-56)59(82)71-48-35(12)89-64(87)51(30(6)7)74(15)41(76)26-72(13)62(85)38-22-18-20-36(38)55(80)46(29(4)5)69-61(48)84/h24-25,28-31,34-39,45-48,51-52H,17-23,26-27,66H2,1-16H3,(H,68,83)(H,69,84)(H,70,81)(H,71,82). The quantitative estimate of drug-likeness (QED) is 0.117. The van der Waals surface area contributed by atoms with Gasteiger partial charge < -0.3 is 60.5 Å². The van der Waals surface area contributed by atoms with Crippen LogP contribution in [0.15, 0.2) is 21.3 Å². The lowest BCUT2D eigenvalue weighted by atomic mass is 9.83. The van der Waals surface area contributed by atoms with Crippen molar-refractivity contribution >= 4 is 87.5 Å². The number of hydrogen-bond acceptors (Lipinski definition) is 18. The number of nitrogens with one attached hydrogen (secondary N) is 4. The molecule has 3 heterocycles. The Morgan fingerprint density at radius 1 is 0.637 bits per heavy atom. The SMILES string of the molecule is CCC(C)C1C(=O)OC(C)C(NC(=O)c2ccc(C)c3oc4c(C)c(=O)c(N)c(C(=O)NC5C(=O)NC(C(C)C)C(=O)C6CCCC6C(=O)N(C)CC(=O)N(C)C(C(C)C)C(=O)OC5C)c-4nc23)C(=O)NC(C(C)C)C(=O)C2CCCC2C(=O)N(C)CC(=O)N1C. The van der Waals surface area contributed by atoms with Gasteiger partial charge in [0.1, 0.15) is 47.6 Å². The fourth-order valence-corrected chi connectivity index (χ4v) is 13.3. The van der Waals surface area contributed by atoms with Crippen molar-refractivity contribution < 1.29 is 71.4 Å². The number of likely N-dealkylation sites (N-methyl/N-ethyl adjacent to an activating group) is 4. The van der Waals surface area contributed by atoms with Crippen molar-refractivity contribution in [2.45, 2.75) is 176 Å². The van der Waals surface area contributed by atoms with Gasteiger partial charge in [0.15, 0.2) is 22.9 Å². The first kappa shape index (κ1) is 70.1. The van der Waals surface area contributed by atoms with Crippen molar-refractivity contribution in [2.75, 3.05) is 47.0 Å². The number of carbonyl (C=O) groups is 12. The molecular weight excluding hydrogens is 1180 g/mol. The summed E-state index contributed by atoms with van der Waals surface area (Å²) in [7, 11) is 5.69. The average molecular weight is 1270 g/mol. The summed E-state index contributed by atoms with van der Waals surface area (Å²) >= 11 is 0. The molecule has 91 heavy (non-hydrogen) atoms. The fourth-order valence-electron chi connectivity index (χ4n) is 13.3. The minimum Gasteiger partial charge on any atom is -0.458 e. The number of Topliss-reactive ketones (excluding diaryl/α,β-unsaturated/α-hetero) is 2. The van der Waals surface area contributed by atoms with Gasteiger partial charge in [-0.25, -0.2) is 14.6 Å². The van der Waals surface area contributed by atoms with Crippen molar-refractivity contribution in [3.63, 3.8) is 0 Å². The highest BCUT2D eigenvalue weighted by Gasteiger charge is 2.48. The maximum absolute atomic E-state index is 15.2.